The van der Waals surface area contributed by atoms with Crippen molar-refractivity contribution in [3.8, 4) is 6.07 Å². The molecule has 14 heavy (non-hydrogen) atoms. The van der Waals surface area contributed by atoms with Gasteiger partial charge in [0.2, 0.25) is 0 Å². The van der Waals surface area contributed by atoms with Gasteiger partial charge in [-0.25, -0.2) is 4.98 Å². The highest BCUT2D eigenvalue weighted by Crippen LogP contribution is 2.34. The minimum Gasteiger partial charge on any atom is -0.344 e. The summed E-state index contributed by atoms with van der Waals surface area (Å²) in [6, 6.07) is 2.81. The molecule has 1 aliphatic carbocycles. The van der Waals surface area contributed by atoms with Gasteiger partial charge in [-0.1, -0.05) is 0 Å². The van der Waals surface area contributed by atoms with Gasteiger partial charge in [0.15, 0.2) is 5.13 Å². The van der Waals surface area contributed by atoms with Crippen LogP contribution in [0.2, 0.25) is 0 Å². The monoisotopic (exact) mass is 271 g/mol. The molecule has 5 heteroatoms. The minimum atomic E-state index is 0.577. The molecule has 1 aromatic heterocycles. The molecule has 1 saturated carbocycles. The number of anilines is 1. The maximum absolute atomic E-state index is 8.57. The molecule has 3 nitrogen and oxygen atoms in total. The van der Waals surface area contributed by atoms with Crippen LogP contribution in [0.4, 0.5) is 5.13 Å². The lowest BCUT2D eigenvalue weighted by Gasteiger charge is -2.19. The average Bonchev–Trinajstić information content (AvgIpc) is 2.91. The number of nitrogens with zero attached hydrogens (tertiary/aromatic N) is 3. The standard InChI is InChI=1S/C9H10BrN3S/c10-8-6-14-9(12-8)13(5-1-4-11)7-2-3-7/h6-7H,1-3,5H2. The number of hydrogen-bond donors (Lipinski definition) is 0. The van der Waals surface area contributed by atoms with Crippen molar-refractivity contribution in [2.45, 2.75) is 25.3 Å². The first-order valence-corrected chi connectivity index (χ1v) is 6.23. The molecule has 1 aromatic rings. The molecule has 0 saturated heterocycles. The normalized spacial score (nSPS) is 15.1. The molecule has 1 aliphatic rings. The highest BCUT2D eigenvalue weighted by molar-refractivity contribution is 9.10. The molecule has 0 amide bonds. The van der Waals surface area contributed by atoms with Crippen LogP contribution in [0.15, 0.2) is 9.98 Å². The third-order valence-corrected chi connectivity index (χ3v) is 3.75. The van der Waals surface area contributed by atoms with Gasteiger partial charge in [0, 0.05) is 18.0 Å². The van der Waals surface area contributed by atoms with Crippen molar-refractivity contribution in [1.29, 1.82) is 5.26 Å². The summed E-state index contributed by atoms with van der Waals surface area (Å²) in [7, 11) is 0. The van der Waals surface area contributed by atoms with Crippen molar-refractivity contribution in [3.05, 3.63) is 9.98 Å². The fraction of sp³-hybridized carbons (Fsp3) is 0.556. The largest absolute Gasteiger partial charge is 0.344 e. The Kier molecular flexibility index (Phi) is 3.04. The van der Waals surface area contributed by atoms with Crippen LogP contribution >= 0.6 is 27.3 Å². The van der Waals surface area contributed by atoms with Gasteiger partial charge in [-0.2, -0.15) is 5.26 Å². The quantitative estimate of drug-likeness (QED) is 0.846. The molecule has 1 fully saturated rings. The van der Waals surface area contributed by atoms with Gasteiger partial charge in [0.05, 0.1) is 12.5 Å². The Labute approximate surface area is 95.5 Å². The first kappa shape index (κ1) is 9.94. The van der Waals surface area contributed by atoms with E-state index in [1.54, 1.807) is 11.3 Å². The SMILES string of the molecule is N#CCCN(c1nc(Br)cs1)C1CC1. The van der Waals surface area contributed by atoms with Crippen molar-refractivity contribution in [2.24, 2.45) is 0 Å². The molecule has 0 spiro atoms. The van der Waals surface area contributed by atoms with E-state index >= 15 is 0 Å². The van der Waals surface area contributed by atoms with Gasteiger partial charge in [0.25, 0.3) is 0 Å². The van der Waals surface area contributed by atoms with Crippen molar-refractivity contribution in [2.75, 3.05) is 11.4 Å². The second-order valence-electron chi connectivity index (χ2n) is 3.29. The van der Waals surface area contributed by atoms with Crippen molar-refractivity contribution >= 4 is 32.4 Å². The summed E-state index contributed by atoms with van der Waals surface area (Å²) in [5, 5.41) is 11.6. The van der Waals surface area contributed by atoms with Gasteiger partial charge < -0.3 is 4.90 Å². The lowest BCUT2D eigenvalue weighted by molar-refractivity contribution is 0.788. The molecule has 1 heterocycles. The minimum absolute atomic E-state index is 0.577. The maximum Gasteiger partial charge on any atom is 0.186 e. The van der Waals surface area contributed by atoms with Crippen LogP contribution in [0.1, 0.15) is 19.3 Å². The summed E-state index contributed by atoms with van der Waals surface area (Å²) in [6.45, 7) is 0.807. The van der Waals surface area contributed by atoms with E-state index in [0.29, 0.717) is 12.5 Å². The molecule has 2 rings (SSSR count). The maximum atomic E-state index is 8.57. The number of nitriles is 1. The average molecular weight is 272 g/mol. The topological polar surface area (TPSA) is 39.9 Å². The summed E-state index contributed by atoms with van der Waals surface area (Å²) < 4.78 is 0.889. The molecule has 0 aliphatic heterocycles. The Morgan fingerprint density at radius 1 is 1.71 bits per heavy atom. The second kappa shape index (κ2) is 4.28. The molecular weight excluding hydrogens is 262 g/mol. The van der Waals surface area contributed by atoms with Crippen LogP contribution in [0.5, 0.6) is 0 Å². The van der Waals surface area contributed by atoms with Crippen molar-refractivity contribution < 1.29 is 0 Å². The molecule has 0 unspecified atom stereocenters. The number of halogens is 1. The van der Waals surface area contributed by atoms with E-state index in [1.165, 1.54) is 12.8 Å². The summed E-state index contributed by atoms with van der Waals surface area (Å²) in [5.41, 5.74) is 0. The molecular formula is C9H10BrN3S. The summed E-state index contributed by atoms with van der Waals surface area (Å²) in [6.07, 6.45) is 3.05. The molecule has 0 atom stereocenters. The first-order valence-electron chi connectivity index (χ1n) is 4.56. The zero-order chi connectivity index (χ0) is 9.97. The Hall–Kier alpha value is -0.600. The predicted molar refractivity (Wildman–Crippen MR) is 60.4 cm³/mol. The van der Waals surface area contributed by atoms with E-state index in [-0.39, 0.29) is 0 Å². The molecule has 0 N–H and O–H groups in total. The van der Waals surface area contributed by atoms with Gasteiger partial charge in [-0.3, -0.25) is 0 Å². The molecule has 0 aromatic carbocycles. The van der Waals surface area contributed by atoms with Crippen LogP contribution < -0.4 is 4.90 Å². The van der Waals surface area contributed by atoms with Gasteiger partial charge >= 0.3 is 0 Å². The lowest BCUT2D eigenvalue weighted by atomic mass is 10.4. The van der Waals surface area contributed by atoms with Crippen LogP contribution in [0.3, 0.4) is 0 Å². The summed E-state index contributed by atoms with van der Waals surface area (Å²) in [4.78, 5) is 6.63. The molecule has 0 bridgehead atoms. The smallest absolute Gasteiger partial charge is 0.186 e. The second-order valence-corrected chi connectivity index (χ2v) is 4.93. The van der Waals surface area contributed by atoms with Crippen LogP contribution in [-0.2, 0) is 0 Å². The van der Waals surface area contributed by atoms with Gasteiger partial charge in [-0.05, 0) is 28.8 Å². The third-order valence-electron chi connectivity index (χ3n) is 2.16. The highest BCUT2D eigenvalue weighted by Gasteiger charge is 2.30. The summed E-state index contributed by atoms with van der Waals surface area (Å²) in [5.74, 6) is 0. The van der Waals surface area contributed by atoms with Gasteiger partial charge in [-0.15, -0.1) is 11.3 Å². The Morgan fingerprint density at radius 2 is 2.50 bits per heavy atom. The van der Waals surface area contributed by atoms with E-state index in [4.69, 9.17) is 5.26 Å². The Bertz CT molecular complexity index is 353. The van der Waals surface area contributed by atoms with E-state index in [0.717, 1.165) is 16.3 Å². The van der Waals surface area contributed by atoms with E-state index in [1.807, 2.05) is 5.38 Å². The Morgan fingerprint density at radius 3 is 3.00 bits per heavy atom. The van der Waals surface area contributed by atoms with Crippen molar-refractivity contribution in [1.82, 2.24) is 4.98 Å². The number of aromatic nitrogens is 1. The number of thiazole rings is 1. The zero-order valence-corrected chi connectivity index (χ0v) is 10.0. The summed E-state index contributed by atoms with van der Waals surface area (Å²) >= 11 is 4.98. The lowest BCUT2D eigenvalue weighted by Crippen LogP contribution is -2.26. The molecule has 0 radical (unpaired) electrons. The number of rotatable bonds is 4. The third kappa shape index (κ3) is 2.25. The molecule has 74 valence electrons. The van der Waals surface area contributed by atoms with Crippen molar-refractivity contribution in [3.63, 3.8) is 0 Å². The van der Waals surface area contributed by atoms with Gasteiger partial charge in [0.1, 0.15) is 4.60 Å². The number of hydrogen-bond acceptors (Lipinski definition) is 4. The van der Waals surface area contributed by atoms with Crippen LogP contribution in [0, 0.1) is 11.3 Å². The zero-order valence-electron chi connectivity index (χ0n) is 7.61. The highest BCUT2D eigenvalue weighted by atomic mass is 79.9. The van der Waals surface area contributed by atoms with E-state index < -0.39 is 0 Å². The predicted octanol–water partition coefficient (Wildman–Crippen LogP) is 2.79. The van der Waals surface area contributed by atoms with Crippen LogP contribution in [-0.4, -0.2) is 17.6 Å². The fourth-order valence-corrected chi connectivity index (χ4v) is 2.72. The Balaban J connectivity index is 2.06. The van der Waals surface area contributed by atoms with E-state index in [9.17, 15) is 0 Å². The first-order chi connectivity index (χ1) is 6.81. The fourth-order valence-electron chi connectivity index (χ4n) is 1.37. The van der Waals surface area contributed by atoms with E-state index in [2.05, 4.69) is 31.9 Å². The van der Waals surface area contributed by atoms with Crippen LogP contribution in [0.25, 0.3) is 0 Å².